The van der Waals surface area contributed by atoms with Gasteiger partial charge in [0, 0.05) is 31.4 Å². The predicted octanol–water partition coefficient (Wildman–Crippen LogP) is 3.27. The molecule has 0 aliphatic heterocycles. The second-order valence-corrected chi connectivity index (χ2v) is 5.52. The Morgan fingerprint density at radius 1 is 1.10 bits per heavy atom. The van der Waals surface area contributed by atoms with Crippen molar-refractivity contribution in [1.29, 1.82) is 0 Å². The highest BCUT2D eigenvalue weighted by Gasteiger charge is 2.12. The van der Waals surface area contributed by atoms with Gasteiger partial charge in [-0.1, -0.05) is 30.3 Å². The maximum atomic E-state index is 4.50. The first-order valence-electron chi connectivity index (χ1n) is 7.03. The van der Waals surface area contributed by atoms with Gasteiger partial charge in [-0.25, -0.2) is 0 Å². The van der Waals surface area contributed by atoms with Crippen LogP contribution in [-0.2, 0) is 6.42 Å². The third-order valence-electron chi connectivity index (χ3n) is 3.55. The van der Waals surface area contributed by atoms with Gasteiger partial charge in [-0.3, -0.25) is 4.98 Å². The fourth-order valence-electron chi connectivity index (χ4n) is 2.33. The van der Waals surface area contributed by atoms with Gasteiger partial charge in [-0.2, -0.15) is 12.6 Å². The van der Waals surface area contributed by atoms with E-state index in [4.69, 9.17) is 0 Å². The molecule has 0 bridgehead atoms. The van der Waals surface area contributed by atoms with Gasteiger partial charge in [0.15, 0.2) is 0 Å². The maximum Gasteiger partial charge on any atom is 0.0270 e. The normalized spacial score (nSPS) is 12.6. The summed E-state index contributed by atoms with van der Waals surface area (Å²) in [5.74, 6) is 1.37. The summed E-state index contributed by atoms with van der Waals surface area (Å²) in [6.45, 7) is 2.10. The van der Waals surface area contributed by atoms with Gasteiger partial charge in [-0.15, -0.1) is 0 Å². The van der Waals surface area contributed by atoms with Crippen molar-refractivity contribution in [3.63, 3.8) is 0 Å². The summed E-state index contributed by atoms with van der Waals surface area (Å²) in [4.78, 5) is 6.43. The van der Waals surface area contributed by atoms with Crippen LogP contribution in [0.1, 0.15) is 17.0 Å². The van der Waals surface area contributed by atoms with Crippen LogP contribution in [0, 0.1) is 0 Å². The van der Waals surface area contributed by atoms with Gasteiger partial charge in [0.05, 0.1) is 0 Å². The number of hydrogen-bond acceptors (Lipinski definition) is 3. The van der Waals surface area contributed by atoms with Gasteiger partial charge >= 0.3 is 0 Å². The molecule has 0 saturated carbocycles. The second kappa shape index (κ2) is 8.08. The first kappa shape index (κ1) is 15.1. The van der Waals surface area contributed by atoms with Crippen molar-refractivity contribution in [3.05, 3.63) is 66.0 Å². The summed E-state index contributed by atoms with van der Waals surface area (Å²) in [7, 11) is 2.18. The third-order valence-corrected chi connectivity index (χ3v) is 4.00. The largest absolute Gasteiger partial charge is 0.305 e. The van der Waals surface area contributed by atoms with Crippen LogP contribution in [-0.4, -0.2) is 35.8 Å². The number of likely N-dealkylation sites (N-methyl/N-ethyl adjacent to an activating group) is 1. The molecule has 0 N–H and O–H groups in total. The fourth-order valence-corrected chi connectivity index (χ4v) is 2.66. The molecule has 0 amide bonds. The van der Waals surface area contributed by atoms with Gasteiger partial charge in [0.1, 0.15) is 0 Å². The lowest BCUT2D eigenvalue weighted by atomic mass is 10.0. The summed E-state index contributed by atoms with van der Waals surface area (Å²) in [5, 5.41) is 0. The van der Waals surface area contributed by atoms with Crippen LogP contribution in [0.4, 0.5) is 0 Å². The fraction of sp³-hybridized carbons (Fsp3) is 0.353. The first-order chi connectivity index (χ1) is 9.79. The van der Waals surface area contributed by atoms with Crippen LogP contribution in [0.15, 0.2) is 54.9 Å². The highest BCUT2D eigenvalue weighted by Crippen LogP contribution is 2.18. The van der Waals surface area contributed by atoms with Crippen molar-refractivity contribution in [2.24, 2.45) is 0 Å². The molecule has 0 radical (unpaired) electrons. The van der Waals surface area contributed by atoms with Crippen LogP contribution in [0.2, 0.25) is 0 Å². The SMILES string of the molecule is CN(CCc1ccncc1)CC(CS)c1ccccc1. The quantitative estimate of drug-likeness (QED) is 0.786. The molecule has 0 aliphatic rings. The van der Waals surface area contributed by atoms with Crippen molar-refractivity contribution >= 4 is 12.6 Å². The molecule has 2 aromatic rings. The predicted molar refractivity (Wildman–Crippen MR) is 88.5 cm³/mol. The molecule has 2 nitrogen and oxygen atoms in total. The number of nitrogens with zero attached hydrogens (tertiary/aromatic N) is 2. The van der Waals surface area contributed by atoms with E-state index in [9.17, 15) is 0 Å². The average molecular weight is 286 g/mol. The van der Waals surface area contributed by atoms with E-state index in [-0.39, 0.29) is 0 Å². The van der Waals surface area contributed by atoms with Crippen LogP contribution < -0.4 is 0 Å². The third kappa shape index (κ3) is 4.66. The molecule has 3 heteroatoms. The Morgan fingerprint density at radius 2 is 1.80 bits per heavy atom. The monoisotopic (exact) mass is 286 g/mol. The van der Waals surface area contributed by atoms with Crippen LogP contribution >= 0.6 is 12.6 Å². The number of rotatable bonds is 7. The van der Waals surface area contributed by atoms with Crippen molar-refractivity contribution in [2.75, 3.05) is 25.9 Å². The molecule has 2 rings (SSSR count). The van der Waals surface area contributed by atoms with E-state index in [1.165, 1.54) is 11.1 Å². The van der Waals surface area contributed by atoms with Gasteiger partial charge < -0.3 is 4.90 Å². The Balaban J connectivity index is 1.85. The molecule has 1 heterocycles. The number of benzene rings is 1. The number of hydrogen-bond donors (Lipinski definition) is 1. The van der Waals surface area contributed by atoms with E-state index in [1.807, 2.05) is 12.4 Å². The maximum absolute atomic E-state index is 4.50. The van der Waals surface area contributed by atoms with Crippen LogP contribution in [0.25, 0.3) is 0 Å². The molecule has 0 spiro atoms. The van der Waals surface area contributed by atoms with E-state index in [0.29, 0.717) is 5.92 Å². The standard InChI is InChI=1S/C17H22N2S/c1-19(12-9-15-7-10-18-11-8-15)13-17(14-20)16-5-3-2-4-6-16/h2-8,10-11,17,20H,9,12-14H2,1H3. The Morgan fingerprint density at radius 3 is 2.45 bits per heavy atom. The van der Waals surface area contributed by atoms with Crippen molar-refractivity contribution < 1.29 is 0 Å². The molecule has 0 saturated heterocycles. The van der Waals surface area contributed by atoms with E-state index < -0.39 is 0 Å². The van der Waals surface area contributed by atoms with E-state index in [1.54, 1.807) is 0 Å². The Bertz CT molecular complexity index is 487. The molecule has 1 unspecified atom stereocenters. The van der Waals surface area contributed by atoms with Gasteiger partial charge in [-0.05, 0) is 42.5 Å². The minimum Gasteiger partial charge on any atom is -0.305 e. The lowest BCUT2D eigenvalue weighted by molar-refractivity contribution is 0.322. The Kier molecular flexibility index (Phi) is 6.09. The highest BCUT2D eigenvalue weighted by molar-refractivity contribution is 7.80. The summed E-state index contributed by atoms with van der Waals surface area (Å²) in [6, 6.07) is 14.8. The van der Waals surface area contributed by atoms with Crippen LogP contribution in [0.3, 0.4) is 0 Å². The van der Waals surface area contributed by atoms with E-state index >= 15 is 0 Å². The minimum atomic E-state index is 0.488. The number of pyridine rings is 1. The molecule has 1 aromatic carbocycles. The zero-order valence-electron chi connectivity index (χ0n) is 11.9. The van der Waals surface area contributed by atoms with Crippen molar-refractivity contribution in [1.82, 2.24) is 9.88 Å². The van der Waals surface area contributed by atoms with Crippen LogP contribution in [0.5, 0.6) is 0 Å². The summed E-state index contributed by atoms with van der Waals surface area (Å²) >= 11 is 4.50. The zero-order valence-corrected chi connectivity index (χ0v) is 12.8. The van der Waals surface area contributed by atoms with Crippen molar-refractivity contribution in [2.45, 2.75) is 12.3 Å². The smallest absolute Gasteiger partial charge is 0.0270 e. The first-order valence-corrected chi connectivity index (χ1v) is 7.66. The Hall–Kier alpha value is -1.32. The topological polar surface area (TPSA) is 16.1 Å². The number of aromatic nitrogens is 1. The molecule has 106 valence electrons. The second-order valence-electron chi connectivity index (χ2n) is 5.16. The Labute approximate surface area is 127 Å². The average Bonchev–Trinajstić information content (AvgIpc) is 2.52. The van der Waals surface area contributed by atoms with Gasteiger partial charge in [0.2, 0.25) is 0 Å². The summed E-state index contributed by atoms with van der Waals surface area (Å²) in [5.41, 5.74) is 2.72. The lowest BCUT2D eigenvalue weighted by Crippen LogP contribution is -2.27. The van der Waals surface area contributed by atoms with E-state index in [0.717, 1.165) is 25.3 Å². The number of thiol groups is 1. The molecular weight excluding hydrogens is 264 g/mol. The summed E-state index contributed by atoms with van der Waals surface area (Å²) in [6.07, 6.45) is 4.78. The zero-order chi connectivity index (χ0) is 14.2. The molecule has 0 aliphatic carbocycles. The highest BCUT2D eigenvalue weighted by atomic mass is 32.1. The van der Waals surface area contributed by atoms with Gasteiger partial charge in [0.25, 0.3) is 0 Å². The minimum absolute atomic E-state index is 0.488. The summed E-state index contributed by atoms with van der Waals surface area (Å²) < 4.78 is 0. The molecule has 1 atom stereocenters. The molecule has 1 aromatic heterocycles. The molecule has 0 fully saturated rings. The van der Waals surface area contributed by atoms with E-state index in [2.05, 4.69) is 72.0 Å². The lowest BCUT2D eigenvalue weighted by Gasteiger charge is -2.23. The molecule has 20 heavy (non-hydrogen) atoms. The molecular formula is C17H22N2S. The van der Waals surface area contributed by atoms with Crippen molar-refractivity contribution in [3.8, 4) is 0 Å².